The topological polar surface area (TPSA) is 75.3 Å². The molecule has 0 aliphatic heterocycles. The fourth-order valence-corrected chi connectivity index (χ4v) is 1.87. The number of nitrogens with two attached hydrogens (primary N) is 1. The molecule has 1 aromatic carbocycles. The molecule has 100 valence electrons. The Labute approximate surface area is 112 Å². The number of hydrogen-bond acceptors (Lipinski definition) is 5. The third-order valence-electron chi connectivity index (χ3n) is 2.78. The fraction of sp³-hybridized carbons (Fsp3) is 0.286. The molecule has 0 saturated heterocycles. The zero-order chi connectivity index (χ0) is 13.5. The first-order valence-electron chi connectivity index (χ1n) is 6.21. The van der Waals surface area contributed by atoms with Crippen molar-refractivity contribution in [3.63, 3.8) is 0 Å². The summed E-state index contributed by atoms with van der Waals surface area (Å²) in [5.41, 5.74) is 7.57. The molecule has 0 saturated carbocycles. The van der Waals surface area contributed by atoms with Crippen LogP contribution in [0.4, 0.5) is 5.82 Å². The molecule has 0 aliphatic carbocycles. The van der Waals surface area contributed by atoms with E-state index in [9.17, 15) is 0 Å². The maximum absolute atomic E-state index is 9.14. The van der Waals surface area contributed by atoms with Crippen LogP contribution in [0.15, 0.2) is 42.7 Å². The van der Waals surface area contributed by atoms with E-state index in [-0.39, 0.29) is 6.61 Å². The number of nitrogen functional groups attached to an aromatic ring is 1. The lowest BCUT2D eigenvalue weighted by Gasteiger charge is -2.20. The normalized spacial score (nSPS) is 10.8. The highest BCUT2D eigenvalue weighted by Crippen LogP contribution is 2.08. The van der Waals surface area contributed by atoms with Gasteiger partial charge in [0.05, 0.1) is 24.7 Å². The van der Waals surface area contributed by atoms with Crippen molar-refractivity contribution in [1.29, 1.82) is 0 Å². The third kappa shape index (κ3) is 4.31. The molecule has 0 atom stereocenters. The summed E-state index contributed by atoms with van der Waals surface area (Å²) < 4.78 is 0. The van der Waals surface area contributed by atoms with Crippen LogP contribution in [0.25, 0.3) is 0 Å². The van der Waals surface area contributed by atoms with E-state index in [1.54, 1.807) is 12.4 Å². The van der Waals surface area contributed by atoms with Gasteiger partial charge in [0.15, 0.2) is 0 Å². The van der Waals surface area contributed by atoms with Gasteiger partial charge in [-0.05, 0) is 5.56 Å². The van der Waals surface area contributed by atoms with Gasteiger partial charge < -0.3 is 10.8 Å². The summed E-state index contributed by atoms with van der Waals surface area (Å²) in [6.07, 6.45) is 3.22. The number of aromatic nitrogens is 2. The van der Waals surface area contributed by atoms with Crippen LogP contribution in [0, 0.1) is 0 Å². The van der Waals surface area contributed by atoms with E-state index in [1.165, 1.54) is 5.56 Å². The Bertz CT molecular complexity index is 487. The zero-order valence-corrected chi connectivity index (χ0v) is 10.7. The van der Waals surface area contributed by atoms with Crippen molar-refractivity contribution >= 4 is 5.82 Å². The van der Waals surface area contributed by atoms with Crippen molar-refractivity contribution in [2.75, 3.05) is 18.9 Å². The van der Waals surface area contributed by atoms with Gasteiger partial charge in [0.25, 0.3) is 0 Å². The number of aliphatic hydroxyl groups is 1. The van der Waals surface area contributed by atoms with Gasteiger partial charge in [0.1, 0.15) is 5.82 Å². The predicted octanol–water partition coefficient (Wildman–Crippen LogP) is 1.05. The van der Waals surface area contributed by atoms with Gasteiger partial charge in [-0.2, -0.15) is 0 Å². The fourth-order valence-electron chi connectivity index (χ4n) is 1.87. The minimum Gasteiger partial charge on any atom is -0.395 e. The second-order valence-corrected chi connectivity index (χ2v) is 4.35. The number of rotatable bonds is 6. The number of nitrogens with zero attached hydrogens (tertiary/aromatic N) is 3. The molecule has 5 nitrogen and oxygen atoms in total. The molecule has 0 bridgehead atoms. The molecule has 0 amide bonds. The number of anilines is 1. The molecule has 1 heterocycles. The first-order chi connectivity index (χ1) is 9.28. The lowest BCUT2D eigenvalue weighted by atomic mass is 10.2. The SMILES string of the molecule is Nc1cnc(CN(CCO)Cc2ccccc2)cn1. The van der Waals surface area contributed by atoms with Crippen LogP contribution in [-0.2, 0) is 13.1 Å². The molecule has 3 N–H and O–H groups in total. The number of aliphatic hydroxyl groups excluding tert-OH is 1. The molecule has 19 heavy (non-hydrogen) atoms. The summed E-state index contributed by atoms with van der Waals surface area (Å²) in [5.74, 6) is 0.417. The lowest BCUT2D eigenvalue weighted by molar-refractivity contribution is 0.182. The van der Waals surface area contributed by atoms with Crippen molar-refractivity contribution in [2.45, 2.75) is 13.1 Å². The van der Waals surface area contributed by atoms with E-state index in [1.807, 2.05) is 18.2 Å². The Morgan fingerprint density at radius 2 is 1.84 bits per heavy atom. The van der Waals surface area contributed by atoms with Gasteiger partial charge in [-0.3, -0.25) is 9.88 Å². The predicted molar refractivity (Wildman–Crippen MR) is 74.1 cm³/mol. The zero-order valence-electron chi connectivity index (χ0n) is 10.7. The summed E-state index contributed by atoms with van der Waals surface area (Å²) in [6.45, 7) is 2.13. The Kier molecular flexibility index (Phi) is 4.83. The maximum atomic E-state index is 9.14. The minimum absolute atomic E-state index is 0.120. The second kappa shape index (κ2) is 6.82. The lowest BCUT2D eigenvalue weighted by Crippen LogP contribution is -2.26. The Balaban J connectivity index is 2.01. The molecule has 1 aromatic heterocycles. The van der Waals surface area contributed by atoms with Crippen molar-refractivity contribution in [1.82, 2.24) is 14.9 Å². The van der Waals surface area contributed by atoms with E-state index < -0.39 is 0 Å². The van der Waals surface area contributed by atoms with E-state index in [0.29, 0.717) is 18.9 Å². The van der Waals surface area contributed by atoms with Gasteiger partial charge in [-0.1, -0.05) is 30.3 Å². The van der Waals surface area contributed by atoms with Crippen molar-refractivity contribution < 1.29 is 5.11 Å². The molecule has 2 aromatic rings. The highest BCUT2D eigenvalue weighted by atomic mass is 16.3. The second-order valence-electron chi connectivity index (χ2n) is 4.35. The summed E-state index contributed by atoms with van der Waals surface area (Å²) in [6, 6.07) is 10.1. The summed E-state index contributed by atoms with van der Waals surface area (Å²) in [4.78, 5) is 10.4. The largest absolute Gasteiger partial charge is 0.395 e. The average Bonchev–Trinajstić information content (AvgIpc) is 2.43. The average molecular weight is 258 g/mol. The number of hydrogen-bond donors (Lipinski definition) is 2. The highest BCUT2D eigenvalue weighted by molar-refractivity contribution is 5.22. The van der Waals surface area contributed by atoms with Crippen LogP contribution in [0.1, 0.15) is 11.3 Å². The van der Waals surface area contributed by atoms with E-state index in [0.717, 1.165) is 12.2 Å². The molecule has 0 spiro atoms. The van der Waals surface area contributed by atoms with Crippen LogP contribution < -0.4 is 5.73 Å². The van der Waals surface area contributed by atoms with Crippen LogP contribution in [0.5, 0.6) is 0 Å². The highest BCUT2D eigenvalue weighted by Gasteiger charge is 2.07. The molecular weight excluding hydrogens is 240 g/mol. The van der Waals surface area contributed by atoms with E-state index >= 15 is 0 Å². The molecule has 0 aliphatic rings. The Morgan fingerprint density at radius 3 is 2.47 bits per heavy atom. The number of benzene rings is 1. The molecule has 0 fully saturated rings. The summed E-state index contributed by atoms with van der Waals surface area (Å²) in [7, 11) is 0. The van der Waals surface area contributed by atoms with Crippen LogP contribution in [0.2, 0.25) is 0 Å². The Morgan fingerprint density at radius 1 is 1.05 bits per heavy atom. The first kappa shape index (κ1) is 13.5. The van der Waals surface area contributed by atoms with Crippen LogP contribution in [-0.4, -0.2) is 33.1 Å². The molecular formula is C14H18N4O. The standard InChI is InChI=1S/C14H18N4O/c15-14-9-16-13(8-17-14)11-18(6-7-19)10-12-4-2-1-3-5-12/h1-5,8-9,19H,6-7,10-11H2,(H2,15,17). The van der Waals surface area contributed by atoms with E-state index in [4.69, 9.17) is 10.8 Å². The summed E-state index contributed by atoms with van der Waals surface area (Å²) >= 11 is 0. The van der Waals surface area contributed by atoms with Gasteiger partial charge in [-0.25, -0.2) is 4.98 Å². The van der Waals surface area contributed by atoms with Crippen LogP contribution >= 0.6 is 0 Å². The van der Waals surface area contributed by atoms with Gasteiger partial charge >= 0.3 is 0 Å². The van der Waals surface area contributed by atoms with Crippen LogP contribution in [0.3, 0.4) is 0 Å². The quantitative estimate of drug-likeness (QED) is 0.810. The maximum Gasteiger partial charge on any atom is 0.141 e. The monoisotopic (exact) mass is 258 g/mol. The van der Waals surface area contributed by atoms with Crippen molar-refractivity contribution in [3.8, 4) is 0 Å². The molecule has 0 unspecified atom stereocenters. The summed E-state index contributed by atoms with van der Waals surface area (Å²) in [5, 5.41) is 9.14. The minimum atomic E-state index is 0.120. The first-order valence-corrected chi connectivity index (χ1v) is 6.21. The third-order valence-corrected chi connectivity index (χ3v) is 2.78. The van der Waals surface area contributed by atoms with Gasteiger partial charge in [0, 0.05) is 19.6 Å². The Hall–Kier alpha value is -1.98. The van der Waals surface area contributed by atoms with Crippen molar-refractivity contribution in [2.24, 2.45) is 0 Å². The van der Waals surface area contributed by atoms with Gasteiger partial charge in [-0.15, -0.1) is 0 Å². The smallest absolute Gasteiger partial charge is 0.141 e. The van der Waals surface area contributed by atoms with Crippen molar-refractivity contribution in [3.05, 3.63) is 54.0 Å². The molecule has 2 rings (SSSR count). The van der Waals surface area contributed by atoms with E-state index in [2.05, 4.69) is 27.0 Å². The molecule has 5 heteroatoms. The molecule has 0 radical (unpaired) electrons. The van der Waals surface area contributed by atoms with Gasteiger partial charge in [0.2, 0.25) is 0 Å².